The summed E-state index contributed by atoms with van der Waals surface area (Å²) in [5, 5.41) is 9.60. The highest BCUT2D eigenvalue weighted by Crippen LogP contribution is 2.20. The molecule has 0 aliphatic carbocycles. The standard InChI is InChI=1S/C11H18N2O2/c1-13(5-6-15-2)8-9-7-10(12)3-4-11(9)14/h3-4,7,14H,5-6,8,12H2,1-2H3. The molecule has 0 bridgehead atoms. The number of hydrogen-bond donors (Lipinski definition) is 2. The highest BCUT2D eigenvalue weighted by molar-refractivity contribution is 5.47. The van der Waals surface area contributed by atoms with Gasteiger partial charge in [0.15, 0.2) is 0 Å². The van der Waals surface area contributed by atoms with Crippen molar-refractivity contribution in [2.75, 3.05) is 33.0 Å². The Kier molecular flexibility index (Phi) is 4.39. The van der Waals surface area contributed by atoms with Crippen LogP contribution in [0.1, 0.15) is 5.56 Å². The van der Waals surface area contributed by atoms with Crippen molar-refractivity contribution in [3.05, 3.63) is 23.8 Å². The van der Waals surface area contributed by atoms with Crippen LogP contribution < -0.4 is 5.73 Å². The molecule has 4 heteroatoms. The first-order valence-electron chi connectivity index (χ1n) is 4.88. The van der Waals surface area contributed by atoms with Gasteiger partial charge in [-0.05, 0) is 25.2 Å². The van der Waals surface area contributed by atoms with Crippen LogP contribution in [0.5, 0.6) is 5.75 Å². The lowest BCUT2D eigenvalue weighted by Crippen LogP contribution is -2.22. The van der Waals surface area contributed by atoms with Crippen LogP contribution in [0.15, 0.2) is 18.2 Å². The van der Waals surface area contributed by atoms with Crippen LogP contribution in [-0.4, -0.2) is 37.3 Å². The maximum Gasteiger partial charge on any atom is 0.120 e. The van der Waals surface area contributed by atoms with Crippen LogP contribution in [0, 0.1) is 0 Å². The number of phenols is 1. The van der Waals surface area contributed by atoms with Crippen molar-refractivity contribution in [2.45, 2.75) is 6.54 Å². The number of nitrogen functional groups attached to an aromatic ring is 1. The molecule has 4 nitrogen and oxygen atoms in total. The zero-order valence-corrected chi connectivity index (χ0v) is 9.23. The number of nitrogens with zero attached hydrogens (tertiary/aromatic N) is 1. The lowest BCUT2D eigenvalue weighted by Gasteiger charge is -2.17. The van der Waals surface area contributed by atoms with Gasteiger partial charge in [0.2, 0.25) is 0 Å². The van der Waals surface area contributed by atoms with Gasteiger partial charge in [-0.1, -0.05) is 0 Å². The maximum absolute atomic E-state index is 9.60. The Morgan fingerprint density at radius 1 is 1.47 bits per heavy atom. The van der Waals surface area contributed by atoms with Gasteiger partial charge >= 0.3 is 0 Å². The molecule has 0 atom stereocenters. The fourth-order valence-corrected chi connectivity index (χ4v) is 1.35. The summed E-state index contributed by atoms with van der Waals surface area (Å²) in [5.74, 6) is 0.286. The number of rotatable bonds is 5. The van der Waals surface area contributed by atoms with Gasteiger partial charge in [0, 0.05) is 31.5 Å². The first kappa shape index (κ1) is 11.8. The predicted octanol–water partition coefficient (Wildman–Crippen LogP) is 1.05. The summed E-state index contributed by atoms with van der Waals surface area (Å²) < 4.78 is 4.98. The van der Waals surface area contributed by atoms with Crippen molar-refractivity contribution in [3.8, 4) is 5.75 Å². The molecule has 15 heavy (non-hydrogen) atoms. The third kappa shape index (κ3) is 3.77. The Hall–Kier alpha value is -1.26. The van der Waals surface area contributed by atoms with Crippen LogP contribution >= 0.6 is 0 Å². The third-order valence-electron chi connectivity index (χ3n) is 2.22. The summed E-state index contributed by atoms with van der Waals surface area (Å²) in [6.45, 7) is 2.17. The zero-order chi connectivity index (χ0) is 11.3. The molecule has 0 amide bonds. The van der Waals surface area contributed by atoms with Crippen molar-refractivity contribution < 1.29 is 9.84 Å². The molecule has 0 saturated heterocycles. The molecule has 0 radical (unpaired) electrons. The first-order chi connectivity index (χ1) is 7.13. The molecule has 84 valence electrons. The Morgan fingerprint density at radius 3 is 2.87 bits per heavy atom. The fraction of sp³-hybridized carbons (Fsp3) is 0.455. The van der Waals surface area contributed by atoms with E-state index in [0.717, 1.165) is 12.1 Å². The molecular formula is C11H18N2O2. The van der Waals surface area contributed by atoms with Crippen LogP contribution in [0.4, 0.5) is 5.69 Å². The van der Waals surface area contributed by atoms with E-state index < -0.39 is 0 Å². The Labute approximate surface area is 90.3 Å². The van der Waals surface area contributed by atoms with Crippen molar-refractivity contribution in [1.82, 2.24) is 4.90 Å². The van der Waals surface area contributed by atoms with Gasteiger partial charge in [-0.15, -0.1) is 0 Å². The molecule has 0 aromatic heterocycles. The quantitative estimate of drug-likeness (QED) is 0.563. The van der Waals surface area contributed by atoms with Crippen LogP contribution in [0.3, 0.4) is 0 Å². The van der Waals surface area contributed by atoms with Crippen molar-refractivity contribution in [1.29, 1.82) is 0 Å². The van der Waals surface area contributed by atoms with E-state index in [9.17, 15) is 5.11 Å². The molecular weight excluding hydrogens is 192 g/mol. The van der Waals surface area contributed by atoms with E-state index in [2.05, 4.69) is 4.90 Å². The molecule has 3 N–H and O–H groups in total. The van der Waals surface area contributed by atoms with Gasteiger partial charge in [-0.2, -0.15) is 0 Å². The van der Waals surface area contributed by atoms with Crippen LogP contribution in [-0.2, 0) is 11.3 Å². The van der Waals surface area contributed by atoms with E-state index in [-0.39, 0.29) is 5.75 Å². The second-order valence-corrected chi connectivity index (χ2v) is 3.62. The number of anilines is 1. The summed E-state index contributed by atoms with van der Waals surface area (Å²) >= 11 is 0. The molecule has 0 fully saturated rings. The zero-order valence-electron chi connectivity index (χ0n) is 9.23. The normalized spacial score (nSPS) is 10.9. The third-order valence-corrected chi connectivity index (χ3v) is 2.22. The van der Waals surface area contributed by atoms with Gasteiger partial charge in [0.25, 0.3) is 0 Å². The maximum atomic E-state index is 9.60. The second-order valence-electron chi connectivity index (χ2n) is 3.62. The van der Waals surface area contributed by atoms with Gasteiger partial charge in [0.1, 0.15) is 5.75 Å². The summed E-state index contributed by atoms with van der Waals surface area (Å²) in [7, 11) is 3.65. The minimum absolute atomic E-state index is 0.286. The highest BCUT2D eigenvalue weighted by atomic mass is 16.5. The lowest BCUT2D eigenvalue weighted by molar-refractivity contribution is 0.158. The fourth-order valence-electron chi connectivity index (χ4n) is 1.35. The molecule has 0 heterocycles. The molecule has 0 spiro atoms. The van der Waals surface area contributed by atoms with E-state index in [1.807, 2.05) is 7.05 Å². The van der Waals surface area contributed by atoms with Crippen molar-refractivity contribution >= 4 is 5.69 Å². The van der Waals surface area contributed by atoms with E-state index in [4.69, 9.17) is 10.5 Å². The monoisotopic (exact) mass is 210 g/mol. The van der Waals surface area contributed by atoms with Crippen molar-refractivity contribution in [2.24, 2.45) is 0 Å². The molecule has 0 saturated carbocycles. The summed E-state index contributed by atoms with van der Waals surface area (Å²) in [6.07, 6.45) is 0. The number of aromatic hydroxyl groups is 1. The number of ether oxygens (including phenoxy) is 1. The molecule has 0 aliphatic rings. The average Bonchev–Trinajstić information content (AvgIpc) is 2.20. The summed E-state index contributed by atoms with van der Waals surface area (Å²) in [5.41, 5.74) is 7.16. The number of likely N-dealkylation sites (N-methyl/N-ethyl adjacent to an activating group) is 1. The number of benzene rings is 1. The summed E-state index contributed by atoms with van der Waals surface area (Å²) in [6, 6.07) is 5.10. The minimum atomic E-state index is 0.286. The van der Waals surface area contributed by atoms with Gasteiger partial charge in [-0.3, -0.25) is 4.90 Å². The molecule has 1 rings (SSSR count). The molecule has 0 unspecified atom stereocenters. The first-order valence-corrected chi connectivity index (χ1v) is 4.88. The molecule has 1 aromatic carbocycles. The second kappa shape index (κ2) is 5.58. The predicted molar refractivity (Wildman–Crippen MR) is 60.7 cm³/mol. The number of hydrogen-bond acceptors (Lipinski definition) is 4. The SMILES string of the molecule is COCCN(C)Cc1cc(N)ccc1O. The smallest absolute Gasteiger partial charge is 0.120 e. The summed E-state index contributed by atoms with van der Waals surface area (Å²) in [4.78, 5) is 2.07. The Bertz CT molecular complexity index is 315. The molecule has 0 aliphatic heterocycles. The van der Waals surface area contributed by atoms with E-state index in [1.54, 1.807) is 25.3 Å². The topological polar surface area (TPSA) is 58.7 Å². The number of nitrogens with two attached hydrogens (primary N) is 1. The number of methoxy groups -OCH3 is 1. The number of phenolic OH excluding ortho intramolecular Hbond substituents is 1. The largest absolute Gasteiger partial charge is 0.508 e. The van der Waals surface area contributed by atoms with Gasteiger partial charge in [0.05, 0.1) is 6.61 Å². The Morgan fingerprint density at radius 2 is 2.20 bits per heavy atom. The van der Waals surface area contributed by atoms with Gasteiger partial charge in [-0.25, -0.2) is 0 Å². The lowest BCUT2D eigenvalue weighted by atomic mass is 10.1. The van der Waals surface area contributed by atoms with E-state index in [0.29, 0.717) is 18.8 Å². The van der Waals surface area contributed by atoms with Crippen molar-refractivity contribution in [3.63, 3.8) is 0 Å². The average molecular weight is 210 g/mol. The van der Waals surface area contributed by atoms with Gasteiger partial charge < -0.3 is 15.6 Å². The highest BCUT2D eigenvalue weighted by Gasteiger charge is 2.05. The van der Waals surface area contributed by atoms with E-state index >= 15 is 0 Å². The minimum Gasteiger partial charge on any atom is -0.508 e. The molecule has 1 aromatic rings. The van der Waals surface area contributed by atoms with Crippen LogP contribution in [0.25, 0.3) is 0 Å². The Balaban J connectivity index is 2.59. The van der Waals surface area contributed by atoms with E-state index in [1.165, 1.54) is 0 Å². The van der Waals surface area contributed by atoms with Crippen LogP contribution in [0.2, 0.25) is 0 Å².